The molecule has 0 spiro atoms. The fourth-order valence-electron chi connectivity index (χ4n) is 1.58. The van der Waals surface area contributed by atoms with Crippen molar-refractivity contribution in [2.75, 3.05) is 0 Å². The molecule has 21 heavy (non-hydrogen) atoms. The van der Waals surface area contributed by atoms with Gasteiger partial charge in [-0.3, -0.25) is 9.59 Å². The number of carbonyl (C=O) groups excluding carboxylic acids is 2. The summed E-state index contributed by atoms with van der Waals surface area (Å²) in [5, 5.41) is 5.46. The maximum atomic E-state index is 11.9. The Balaban J connectivity index is 2.58. The number of carbonyl (C=O) groups is 2. The number of benzene rings is 1. The Hall–Kier alpha value is -1.62. The SMILES string of the molecule is CC(NC(=O)/C=C/c1ccccc1Br)C(=O)NC(C)(C)C. The van der Waals surface area contributed by atoms with Crippen LogP contribution in [0.15, 0.2) is 34.8 Å². The zero-order valence-electron chi connectivity index (χ0n) is 12.7. The lowest BCUT2D eigenvalue weighted by Crippen LogP contribution is -2.50. The van der Waals surface area contributed by atoms with Crippen molar-refractivity contribution in [3.05, 3.63) is 40.4 Å². The van der Waals surface area contributed by atoms with Crippen molar-refractivity contribution >= 4 is 33.8 Å². The number of rotatable bonds is 4. The number of hydrogen-bond acceptors (Lipinski definition) is 2. The zero-order chi connectivity index (χ0) is 16.0. The average Bonchev–Trinajstić information content (AvgIpc) is 2.35. The monoisotopic (exact) mass is 352 g/mol. The van der Waals surface area contributed by atoms with Gasteiger partial charge < -0.3 is 10.6 Å². The van der Waals surface area contributed by atoms with Gasteiger partial charge in [-0.15, -0.1) is 0 Å². The Morgan fingerprint density at radius 3 is 2.43 bits per heavy atom. The molecule has 1 rings (SSSR count). The zero-order valence-corrected chi connectivity index (χ0v) is 14.3. The normalized spacial score (nSPS) is 13.0. The minimum Gasteiger partial charge on any atom is -0.350 e. The predicted octanol–water partition coefficient (Wildman–Crippen LogP) is 2.88. The van der Waals surface area contributed by atoms with Gasteiger partial charge in [-0.2, -0.15) is 0 Å². The summed E-state index contributed by atoms with van der Waals surface area (Å²) in [6, 6.07) is 7.00. The molecule has 0 fully saturated rings. The van der Waals surface area contributed by atoms with E-state index in [1.807, 2.05) is 45.0 Å². The molecule has 0 saturated carbocycles. The third-order valence-electron chi connectivity index (χ3n) is 2.57. The van der Waals surface area contributed by atoms with Crippen LogP contribution < -0.4 is 10.6 Å². The lowest BCUT2D eigenvalue weighted by atomic mass is 10.1. The largest absolute Gasteiger partial charge is 0.350 e. The van der Waals surface area contributed by atoms with Crippen LogP contribution in [-0.4, -0.2) is 23.4 Å². The molecule has 0 heterocycles. The van der Waals surface area contributed by atoms with Crippen molar-refractivity contribution in [1.29, 1.82) is 0 Å². The highest BCUT2D eigenvalue weighted by Crippen LogP contribution is 2.16. The Kier molecular flexibility index (Phi) is 6.15. The van der Waals surface area contributed by atoms with Crippen LogP contribution in [0, 0.1) is 0 Å². The Bertz CT molecular complexity index is 547. The number of halogens is 1. The van der Waals surface area contributed by atoms with Crippen molar-refractivity contribution < 1.29 is 9.59 Å². The average molecular weight is 353 g/mol. The molecule has 1 unspecified atom stereocenters. The molecule has 1 atom stereocenters. The summed E-state index contributed by atoms with van der Waals surface area (Å²) in [4.78, 5) is 23.7. The molecule has 0 bridgehead atoms. The van der Waals surface area contributed by atoms with E-state index in [2.05, 4.69) is 26.6 Å². The van der Waals surface area contributed by atoms with E-state index in [1.54, 1.807) is 13.0 Å². The highest BCUT2D eigenvalue weighted by molar-refractivity contribution is 9.10. The quantitative estimate of drug-likeness (QED) is 0.818. The molecule has 1 aromatic rings. The van der Waals surface area contributed by atoms with E-state index in [9.17, 15) is 9.59 Å². The van der Waals surface area contributed by atoms with Gasteiger partial charge in [0.1, 0.15) is 6.04 Å². The Morgan fingerprint density at radius 2 is 1.86 bits per heavy atom. The highest BCUT2D eigenvalue weighted by atomic mass is 79.9. The van der Waals surface area contributed by atoms with Gasteiger partial charge in [0.15, 0.2) is 0 Å². The Labute approximate surface area is 134 Å². The van der Waals surface area contributed by atoms with Crippen LogP contribution in [-0.2, 0) is 9.59 Å². The molecule has 1 aromatic carbocycles. The van der Waals surface area contributed by atoms with Gasteiger partial charge in [0, 0.05) is 16.1 Å². The van der Waals surface area contributed by atoms with E-state index in [-0.39, 0.29) is 17.4 Å². The van der Waals surface area contributed by atoms with Crippen LogP contribution in [0.2, 0.25) is 0 Å². The summed E-state index contributed by atoms with van der Waals surface area (Å²) in [6.45, 7) is 7.34. The van der Waals surface area contributed by atoms with E-state index in [0.29, 0.717) is 0 Å². The lowest BCUT2D eigenvalue weighted by molar-refractivity contribution is -0.127. The van der Waals surface area contributed by atoms with Crippen LogP contribution in [0.1, 0.15) is 33.3 Å². The van der Waals surface area contributed by atoms with Gasteiger partial charge in [0.25, 0.3) is 0 Å². The second kappa shape index (κ2) is 7.41. The van der Waals surface area contributed by atoms with Crippen LogP contribution in [0.3, 0.4) is 0 Å². The molecular weight excluding hydrogens is 332 g/mol. The molecule has 0 saturated heterocycles. The summed E-state index contributed by atoms with van der Waals surface area (Å²) in [6.07, 6.45) is 3.12. The first-order valence-electron chi connectivity index (χ1n) is 6.74. The molecule has 2 amide bonds. The van der Waals surface area contributed by atoms with Crippen molar-refractivity contribution in [3.8, 4) is 0 Å². The van der Waals surface area contributed by atoms with Crippen molar-refractivity contribution in [2.24, 2.45) is 0 Å². The maximum absolute atomic E-state index is 11.9. The first kappa shape index (κ1) is 17.4. The molecular formula is C16H21BrN2O2. The lowest BCUT2D eigenvalue weighted by Gasteiger charge is -2.23. The third-order valence-corrected chi connectivity index (χ3v) is 3.29. The maximum Gasteiger partial charge on any atom is 0.244 e. The van der Waals surface area contributed by atoms with Crippen molar-refractivity contribution in [3.63, 3.8) is 0 Å². The molecule has 5 heteroatoms. The summed E-state index contributed by atoms with van der Waals surface area (Å²) in [7, 11) is 0. The van der Waals surface area contributed by atoms with Gasteiger partial charge >= 0.3 is 0 Å². The summed E-state index contributed by atoms with van der Waals surface area (Å²) in [5.41, 5.74) is 0.584. The van der Waals surface area contributed by atoms with Gasteiger partial charge in [-0.25, -0.2) is 0 Å². The van der Waals surface area contributed by atoms with Crippen LogP contribution in [0.5, 0.6) is 0 Å². The topological polar surface area (TPSA) is 58.2 Å². The Morgan fingerprint density at radius 1 is 1.24 bits per heavy atom. The summed E-state index contributed by atoms with van der Waals surface area (Å²) >= 11 is 3.41. The highest BCUT2D eigenvalue weighted by Gasteiger charge is 2.19. The molecule has 0 aliphatic carbocycles. The molecule has 2 N–H and O–H groups in total. The second-order valence-corrected chi connectivity index (χ2v) is 6.68. The standard InChI is InChI=1S/C16H21BrN2O2/c1-11(15(21)19-16(2,3)4)18-14(20)10-9-12-7-5-6-8-13(12)17/h5-11H,1-4H3,(H,18,20)(H,19,21)/b10-9+. The summed E-state index contributed by atoms with van der Waals surface area (Å²) < 4.78 is 0.910. The third kappa shape index (κ3) is 6.58. The molecule has 0 aliphatic heterocycles. The van der Waals surface area contributed by atoms with Gasteiger partial charge in [-0.1, -0.05) is 34.1 Å². The number of amides is 2. The summed E-state index contributed by atoms with van der Waals surface area (Å²) in [5.74, 6) is -0.507. The van der Waals surface area contributed by atoms with Gasteiger partial charge in [0.2, 0.25) is 11.8 Å². The van der Waals surface area contributed by atoms with E-state index in [0.717, 1.165) is 10.0 Å². The first-order valence-corrected chi connectivity index (χ1v) is 7.53. The number of nitrogens with one attached hydrogen (secondary N) is 2. The first-order chi connectivity index (χ1) is 9.69. The van der Waals surface area contributed by atoms with E-state index in [1.165, 1.54) is 6.08 Å². The molecule has 0 aliphatic rings. The van der Waals surface area contributed by atoms with E-state index < -0.39 is 6.04 Å². The van der Waals surface area contributed by atoms with E-state index in [4.69, 9.17) is 0 Å². The minimum absolute atomic E-state index is 0.204. The molecule has 4 nitrogen and oxygen atoms in total. The molecule has 0 aromatic heterocycles. The van der Waals surface area contributed by atoms with E-state index >= 15 is 0 Å². The number of hydrogen-bond donors (Lipinski definition) is 2. The second-order valence-electron chi connectivity index (χ2n) is 5.82. The van der Waals surface area contributed by atoms with Crippen LogP contribution in [0.4, 0.5) is 0 Å². The van der Waals surface area contributed by atoms with Crippen molar-refractivity contribution in [1.82, 2.24) is 10.6 Å². The van der Waals surface area contributed by atoms with Crippen LogP contribution >= 0.6 is 15.9 Å². The van der Waals surface area contributed by atoms with Crippen molar-refractivity contribution in [2.45, 2.75) is 39.3 Å². The van der Waals surface area contributed by atoms with Gasteiger partial charge in [0.05, 0.1) is 0 Å². The van der Waals surface area contributed by atoms with Gasteiger partial charge in [-0.05, 0) is 45.4 Å². The molecule has 114 valence electrons. The predicted molar refractivity (Wildman–Crippen MR) is 88.7 cm³/mol. The van der Waals surface area contributed by atoms with Crippen LogP contribution in [0.25, 0.3) is 6.08 Å². The minimum atomic E-state index is -0.583. The molecule has 0 radical (unpaired) electrons. The smallest absolute Gasteiger partial charge is 0.244 e. The fourth-order valence-corrected chi connectivity index (χ4v) is 2.00. The fraction of sp³-hybridized carbons (Fsp3) is 0.375.